The predicted molar refractivity (Wildman–Crippen MR) is 118 cm³/mol. The van der Waals surface area contributed by atoms with Gasteiger partial charge in [-0.05, 0) is 37.3 Å². The maximum absolute atomic E-state index is 6.07. The van der Waals surface area contributed by atoms with Gasteiger partial charge in [0.05, 0.1) is 19.3 Å². The Labute approximate surface area is 174 Å². The number of guanidine groups is 1. The van der Waals surface area contributed by atoms with Crippen molar-refractivity contribution in [3.8, 4) is 0 Å². The van der Waals surface area contributed by atoms with Crippen LogP contribution in [-0.4, -0.2) is 60.8 Å². The van der Waals surface area contributed by atoms with E-state index < -0.39 is 0 Å². The van der Waals surface area contributed by atoms with Gasteiger partial charge in [-0.1, -0.05) is 31.2 Å². The van der Waals surface area contributed by atoms with E-state index >= 15 is 0 Å². The van der Waals surface area contributed by atoms with Crippen LogP contribution in [0.1, 0.15) is 44.2 Å². The SMILES string of the molecule is CCNC(=NCc1cccc(COC2CCOCC2)c1)N1CCSC(CC)C1. The molecule has 0 radical (unpaired) electrons. The largest absolute Gasteiger partial charge is 0.381 e. The van der Waals surface area contributed by atoms with Crippen molar-refractivity contribution >= 4 is 17.7 Å². The van der Waals surface area contributed by atoms with Gasteiger partial charge in [-0.2, -0.15) is 11.8 Å². The lowest BCUT2D eigenvalue weighted by molar-refractivity contribution is -0.0390. The van der Waals surface area contributed by atoms with Crippen molar-refractivity contribution in [3.05, 3.63) is 35.4 Å². The molecular weight excluding hydrogens is 370 g/mol. The Balaban J connectivity index is 1.57. The first kappa shape index (κ1) is 21.5. The summed E-state index contributed by atoms with van der Waals surface area (Å²) in [5.41, 5.74) is 2.46. The molecule has 1 aromatic rings. The van der Waals surface area contributed by atoms with E-state index in [2.05, 4.69) is 60.1 Å². The predicted octanol–water partition coefficient (Wildman–Crippen LogP) is 3.68. The van der Waals surface area contributed by atoms with Crippen LogP contribution in [0.3, 0.4) is 0 Å². The highest BCUT2D eigenvalue weighted by molar-refractivity contribution is 8.00. The lowest BCUT2D eigenvalue weighted by atomic mass is 10.1. The summed E-state index contributed by atoms with van der Waals surface area (Å²) < 4.78 is 11.5. The number of hydrogen-bond donors (Lipinski definition) is 1. The molecule has 0 aromatic heterocycles. The number of ether oxygens (including phenoxy) is 2. The fourth-order valence-electron chi connectivity index (χ4n) is 3.63. The first-order chi connectivity index (χ1) is 13.8. The summed E-state index contributed by atoms with van der Waals surface area (Å²) in [6.07, 6.45) is 3.56. The van der Waals surface area contributed by atoms with Gasteiger partial charge in [0, 0.05) is 43.9 Å². The Morgan fingerprint density at radius 3 is 2.89 bits per heavy atom. The van der Waals surface area contributed by atoms with Crippen molar-refractivity contribution in [1.29, 1.82) is 0 Å². The number of nitrogens with zero attached hydrogens (tertiary/aromatic N) is 2. The maximum Gasteiger partial charge on any atom is 0.194 e. The smallest absolute Gasteiger partial charge is 0.194 e. The topological polar surface area (TPSA) is 46.1 Å². The van der Waals surface area contributed by atoms with Gasteiger partial charge in [0.1, 0.15) is 0 Å². The molecule has 3 rings (SSSR count). The number of aliphatic imine (C=N–C) groups is 1. The second kappa shape index (κ2) is 11.7. The van der Waals surface area contributed by atoms with Crippen LogP contribution >= 0.6 is 11.8 Å². The molecule has 2 saturated heterocycles. The minimum Gasteiger partial charge on any atom is -0.381 e. The van der Waals surface area contributed by atoms with E-state index in [4.69, 9.17) is 14.5 Å². The van der Waals surface area contributed by atoms with Crippen LogP contribution in [-0.2, 0) is 22.6 Å². The molecule has 6 heteroatoms. The minimum atomic E-state index is 0.333. The van der Waals surface area contributed by atoms with E-state index in [0.29, 0.717) is 24.5 Å². The molecule has 5 nitrogen and oxygen atoms in total. The van der Waals surface area contributed by atoms with Crippen molar-refractivity contribution in [2.45, 2.75) is 57.6 Å². The third kappa shape index (κ3) is 6.68. The number of rotatable bonds is 7. The van der Waals surface area contributed by atoms with Crippen LogP contribution in [0.5, 0.6) is 0 Å². The molecular formula is C22H35N3O2S. The Morgan fingerprint density at radius 2 is 2.11 bits per heavy atom. The highest BCUT2D eigenvalue weighted by Crippen LogP contribution is 2.21. The minimum absolute atomic E-state index is 0.333. The summed E-state index contributed by atoms with van der Waals surface area (Å²) in [6, 6.07) is 8.65. The van der Waals surface area contributed by atoms with Gasteiger partial charge in [0.15, 0.2) is 5.96 Å². The fourth-order valence-corrected chi connectivity index (χ4v) is 4.81. The van der Waals surface area contributed by atoms with Gasteiger partial charge in [-0.3, -0.25) is 0 Å². The van der Waals surface area contributed by atoms with Crippen LogP contribution in [0.2, 0.25) is 0 Å². The maximum atomic E-state index is 6.07. The van der Waals surface area contributed by atoms with Crippen molar-refractivity contribution in [1.82, 2.24) is 10.2 Å². The monoisotopic (exact) mass is 405 g/mol. The van der Waals surface area contributed by atoms with E-state index in [1.807, 2.05) is 0 Å². The molecule has 0 spiro atoms. The number of thioether (sulfide) groups is 1. The molecule has 28 heavy (non-hydrogen) atoms. The second-order valence-electron chi connectivity index (χ2n) is 7.46. The highest BCUT2D eigenvalue weighted by Gasteiger charge is 2.21. The molecule has 2 aliphatic heterocycles. The van der Waals surface area contributed by atoms with Gasteiger partial charge in [-0.25, -0.2) is 4.99 Å². The molecule has 2 fully saturated rings. The van der Waals surface area contributed by atoms with Crippen molar-refractivity contribution in [2.24, 2.45) is 4.99 Å². The van der Waals surface area contributed by atoms with Gasteiger partial charge < -0.3 is 19.7 Å². The normalized spacial score (nSPS) is 21.7. The third-order valence-electron chi connectivity index (χ3n) is 5.29. The average Bonchev–Trinajstić information content (AvgIpc) is 2.76. The highest BCUT2D eigenvalue weighted by atomic mass is 32.2. The van der Waals surface area contributed by atoms with E-state index in [1.54, 1.807) is 0 Å². The Hall–Kier alpha value is -1.24. The summed E-state index contributed by atoms with van der Waals surface area (Å²) in [4.78, 5) is 7.35. The number of benzene rings is 1. The molecule has 1 aromatic carbocycles. The van der Waals surface area contributed by atoms with Gasteiger partial charge in [0.2, 0.25) is 0 Å². The third-order valence-corrected chi connectivity index (χ3v) is 6.66. The first-order valence-electron chi connectivity index (χ1n) is 10.7. The van der Waals surface area contributed by atoms with Crippen molar-refractivity contribution in [3.63, 3.8) is 0 Å². The molecule has 2 heterocycles. The standard InChI is InChI=1S/C22H35N3O2S/c1-3-21-16-25(10-13-28-21)22(23-4-2)24-15-18-6-5-7-19(14-18)17-27-20-8-11-26-12-9-20/h5-7,14,20-21H,3-4,8-13,15-17H2,1-2H3,(H,23,24). The lowest BCUT2D eigenvalue weighted by Crippen LogP contribution is -2.48. The van der Waals surface area contributed by atoms with Crippen molar-refractivity contribution < 1.29 is 9.47 Å². The van der Waals surface area contributed by atoms with E-state index in [1.165, 1.54) is 23.3 Å². The Morgan fingerprint density at radius 1 is 1.29 bits per heavy atom. The molecule has 0 bridgehead atoms. The van der Waals surface area contributed by atoms with E-state index in [0.717, 1.165) is 51.6 Å². The van der Waals surface area contributed by atoms with Crippen LogP contribution in [0.25, 0.3) is 0 Å². The second-order valence-corrected chi connectivity index (χ2v) is 8.87. The molecule has 1 N–H and O–H groups in total. The van der Waals surface area contributed by atoms with Gasteiger partial charge in [0.25, 0.3) is 0 Å². The quantitative estimate of drug-likeness (QED) is 0.554. The number of nitrogens with one attached hydrogen (secondary N) is 1. The van der Waals surface area contributed by atoms with Gasteiger partial charge >= 0.3 is 0 Å². The zero-order valence-electron chi connectivity index (χ0n) is 17.4. The Kier molecular flexibility index (Phi) is 8.96. The summed E-state index contributed by atoms with van der Waals surface area (Å²) in [7, 11) is 0. The number of hydrogen-bond acceptors (Lipinski definition) is 4. The van der Waals surface area contributed by atoms with Crippen LogP contribution in [0.15, 0.2) is 29.3 Å². The molecule has 0 saturated carbocycles. The zero-order valence-corrected chi connectivity index (χ0v) is 18.2. The van der Waals surface area contributed by atoms with E-state index in [-0.39, 0.29) is 0 Å². The summed E-state index contributed by atoms with van der Waals surface area (Å²) in [5.74, 6) is 2.23. The van der Waals surface area contributed by atoms with Crippen LogP contribution in [0.4, 0.5) is 0 Å². The Bertz CT molecular complexity index is 620. The average molecular weight is 406 g/mol. The van der Waals surface area contributed by atoms with Crippen molar-refractivity contribution in [2.75, 3.05) is 38.6 Å². The molecule has 1 atom stereocenters. The molecule has 0 aliphatic carbocycles. The molecule has 1 unspecified atom stereocenters. The fraction of sp³-hybridized carbons (Fsp3) is 0.682. The lowest BCUT2D eigenvalue weighted by Gasteiger charge is -2.34. The van der Waals surface area contributed by atoms with E-state index in [9.17, 15) is 0 Å². The first-order valence-corrected chi connectivity index (χ1v) is 11.7. The summed E-state index contributed by atoms with van der Waals surface area (Å²) in [5, 5.41) is 4.19. The molecule has 0 amide bonds. The summed E-state index contributed by atoms with van der Waals surface area (Å²) >= 11 is 2.09. The van der Waals surface area contributed by atoms with Crippen LogP contribution < -0.4 is 5.32 Å². The zero-order chi connectivity index (χ0) is 19.6. The van der Waals surface area contributed by atoms with Crippen LogP contribution in [0, 0.1) is 0 Å². The molecule has 2 aliphatic rings. The van der Waals surface area contributed by atoms with Gasteiger partial charge in [-0.15, -0.1) is 0 Å². The molecule has 156 valence electrons. The summed E-state index contributed by atoms with van der Waals surface area (Å²) in [6.45, 7) is 10.5.